The molecule has 3 nitrogen and oxygen atoms in total. The summed E-state index contributed by atoms with van der Waals surface area (Å²) < 4.78 is 0. The largest absolute Gasteiger partial charge is 0.385 e. The van der Waals surface area contributed by atoms with Crippen LogP contribution < -0.4 is 0 Å². The van der Waals surface area contributed by atoms with E-state index in [2.05, 4.69) is 6.58 Å². The van der Waals surface area contributed by atoms with E-state index in [0.717, 1.165) is 12.0 Å². The number of ketones is 2. The van der Waals surface area contributed by atoms with Crippen molar-refractivity contribution in [3.8, 4) is 0 Å². The van der Waals surface area contributed by atoms with E-state index in [1.165, 1.54) is 0 Å². The van der Waals surface area contributed by atoms with E-state index < -0.39 is 11.5 Å². The van der Waals surface area contributed by atoms with Crippen LogP contribution in [0.5, 0.6) is 0 Å². The molecule has 0 amide bonds. The Labute approximate surface area is 94.5 Å². The van der Waals surface area contributed by atoms with Gasteiger partial charge < -0.3 is 5.11 Å². The summed E-state index contributed by atoms with van der Waals surface area (Å²) in [7, 11) is 0. The van der Waals surface area contributed by atoms with Crippen LogP contribution in [0, 0.1) is 17.3 Å². The van der Waals surface area contributed by atoms with Gasteiger partial charge in [0.15, 0.2) is 5.78 Å². The van der Waals surface area contributed by atoms with Crippen LogP contribution in [0.15, 0.2) is 12.2 Å². The molecule has 2 bridgehead atoms. The van der Waals surface area contributed by atoms with Crippen molar-refractivity contribution in [2.24, 2.45) is 17.3 Å². The molecule has 0 aromatic heterocycles. The molecule has 1 N–H and O–H groups in total. The predicted molar refractivity (Wildman–Crippen MR) is 57.7 cm³/mol. The maximum Gasteiger partial charge on any atom is 0.168 e. The third-order valence-corrected chi connectivity index (χ3v) is 4.80. The van der Waals surface area contributed by atoms with E-state index in [1.807, 2.05) is 0 Å². The van der Waals surface area contributed by atoms with Gasteiger partial charge in [0.2, 0.25) is 0 Å². The van der Waals surface area contributed by atoms with Crippen molar-refractivity contribution < 1.29 is 14.7 Å². The van der Waals surface area contributed by atoms with Crippen molar-refractivity contribution in [3.05, 3.63) is 12.2 Å². The molecule has 0 unspecified atom stereocenters. The first-order valence-corrected chi connectivity index (χ1v) is 5.97. The number of carbonyl (C=O) groups excluding carboxylic acids is 2. The van der Waals surface area contributed by atoms with Crippen molar-refractivity contribution in [1.82, 2.24) is 0 Å². The Morgan fingerprint density at radius 1 is 1.31 bits per heavy atom. The van der Waals surface area contributed by atoms with Gasteiger partial charge in [0, 0.05) is 17.8 Å². The Kier molecular flexibility index (Phi) is 1.94. The lowest BCUT2D eigenvalue weighted by atomic mass is 9.59. The molecule has 3 heteroatoms. The Morgan fingerprint density at radius 3 is 2.81 bits per heavy atom. The van der Waals surface area contributed by atoms with Gasteiger partial charge in [0.05, 0.1) is 0 Å². The van der Waals surface area contributed by atoms with E-state index in [1.54, 1.807) is 0 Å². The van der Waals surface area contributed by atoms with Gasteiger partial charge in [-0.05, 0) is 31.6 Å². The fourth-order valence-electron chi connectivity index (χ4n) is 3.93. The maximum absolute atomic E-state index is 12.2. The van der Waals surface area contributed by atoms with Gasteiger partial charge in [-0.3, -0.25) is 9.59 Å². The van der Waals surface area contributed by atoms with Crippen molar-refractivity contribution in [2.75, 3.05) is 0 Å². The smallest absolute Gasteiger partial charge is 0.168 e. The highest BCUT2D eigenvalue weighted by atomic mass is 16.3. The van der Waals surface area contributed by atoms with Crippen LogP contribution >= 0.6 is 0 Å². The fourth-order valence-corrected chi connectivity index (χ4v) is 3.93. The van der Waals surface area contributed by atoms with Gasteiger partial charge in [-0.25, -0.2) is 0 Å². The number of carbonyl (C=O) groups is 2. The number of rotatable bonds is 0. The van der Waals surface area contributed by atoms with Gasteiger partial charge in [-0.15, -0.1) is 0 Å². The zero-order chi connectivity index (χ0) is 11.5. The molecule has 1 spiro atoms. The Bertz CT molecular complexity index is 398. The number of hydrogen-bond donors (Lipinski definition) is 1. The molecule has 86 valence electrons. The van der Waals surface area contributed by atoms with Gasteiger partial charge in [0.25, 0.3) is 0 Å². The van der Waals surface area contributed by atoms with Gasteiger partial charge in [-0.1, -0.05) is 12.2 Å². The average Bonchev–Trinajstić information content (AvgIpc) is 2.55. The number of fused-ring (bicyclic) bond motifs is 1. The molecule has 3 aliphatic carbocycles. The van der Waals surface area contributed by atoms with Crippen molar-refractivity contribution in [3.63, 3.8) is 0 Å². The van der Waals surface area contributed by atoms with Crippen LogP contribution in [0.3, 0.4) is 0 Å². The third-order valence-electron chi connectivity index (χ3n) is 4.80. The normalized spacial score (nSPS) is 47.1. The second-order valence-electron chi connectivity index (χ2n) is 5.57. The summed E-state index contributed by atoms with van der Waals surface area (Å²) in [6, 6.07) is 0. The molecule has 0 aliphatic heterocycles. The minimum Gasteiger partial charge on any atom is -0.385 e. The first-order chi connectivity index (χ1) is 7.54. The Balaban J connectivity index is 2.04. The lowest BCUT2D eigenvalue weighted by Crippen LogP contribution is -2.50. The summed E-state index contributed by atoms with van der Waals surface area (Å²) in [5.41, 5.74) is 0.475. The first-order valence-electron chi connectivity index (χ1n) is 5.97. The molecule has 0 aromatic carbocycles. The van der Waals surface area contributed by atoms with Crippen molar-refractivity contribution in [2.45, 2.75) is 38.2 Å². The molecule has 0 saturated heterocycles. The van der Waals surface area contributed by atoms with Gasteiger partial charge >= 0.3 is 0 Å². The molecule has 3 rings (SSSR count). The van der Waals surface area contributed by atoms with E-state index >= 15 is 0 Å². The Morgan fingerprint density at radius 2 is 2.06 bits per heavy atom. The second-order valence-corrected chi connectivity index (χ2v) is 5.57. The fraction of sp³-hybridized carbons (Fsp3) is 0.692. The van der Waals surface area contributed by atoms with Gasteiger partial charge in [0.1, 0.15) is 11.9 Å². The molecule has 0 aromatic rings. The molecule has 16 heavy (non-hydrogen) atoms. The highest BCUT2D eigenvalue weighted by Crippen LogP contribution is 2.59. The zero-order valence-electron chi connectivity index (χ0n) is 9.24. The molecule has 0 heterocycles. The number of hydrogen-bond acceptors (Lipinski definition) is 3. The SMILES string of the molecule is C=C1C[C@]23C[C@H]1C(=O)C[C@H]2CC[C@H](O)C3=O. The van der Waals surface area contributed by atoms with Crippen LogP contribution in [-0.2, 0) is 9.59 Å². The van der Waals surface area contributed by atoms with Crippen LogP contribution in [0.4, 0.5) is 0 Å². The maximum atomic E-state index is 12.2. The second kappa shape index (κ2) is 3.04. The lowest BCUT2D eigenvalue weighted by Gasteiger charge is -2.43. The van der Waals surface area contributed by atoms with E-state index in [4.69, 9.17) is 0 Å². The minimum atomic E-state index is -0.809. The summed E-state index contributed by atoms with van der Waals surface area (Å²) in [4.78, 5) is 24.1. The molecule has 3 fully saturated rings. The molecular weight excluding hydrogens is 204 g/mol. The topological polar surface area (TPSA) is 54.4 Å². The standard InChI is InChI=1S/C13H16O3/c1-7-5-13-6-9(7)11(15)4-8(13)2-3-10(14)12(13)16/h8-10,14H,1-6H2/t8-,9-,10+,13+/m1/s1. The van der Waals surface area contributed by atoms with E-state index in [-0.39, 0.29) is 23.4 Å². The van der Waals surface area contributed by atoms with Crippen LogP contribution in [-0.4, -0.2) is 22.8 Å². The van der Waals surface area contributed by atoms with Crippen LogP contribution in [0.1, 0.15) is 32.1 Å². The van der Waals surface area contributed by atoms with Gasteiger partial charge in [-0.2, -0.15) is 0 Å². The van der Waals surface area contributed by atoms with Crippen molar-refractivity contribution >= 4 is 11.6 Å². The molecule has 3 aliphatic rings. The summed E-state index contributed by atoms with van der Waals surface area (Å²) in [5.74, 6) is 0.282. The average molecular weight is 220 g/mol. The number of aliphatic hydroxyl groups is 1. The highest BCUT2D eigenvalue weighted by molar-refractivity contribution is 5.96. The van der Waals surface area contributed by atoms with E-state index in [0.29, 0.717) is 25.7 Å². The number of Topliss-reactive ketones (excluding diaryl/α,β-unsaturated/α-hetero) is 2. The zero-order valence-corrected chi connectivity index (χ0v) is 9.24. The third kappa shape index (κ3) is 1.07. The lowest BCUT2D eigenvalue weighted by molar-refractivity contribution is -0.150. The highest BCUT2D eigenvalue weighted by Gasteiger charge is 2.60. The summed E-state index contributed by atoms with van der Waals surface area (Å²) in [6.07, 6.45) is 2.28. The summed E-state index contributed by atoms with van der Waals surface area (Å²) in [5, 5.41) is 9.72. The van der Waals surface area contributed by atoms with Crippen molar-refractivity contribution in [1.29, 1.82) is 0 Å². The van der Waals surface area contributed by atoms with Crippen LogP contribution in [0.2, 0.25) is 0 Å². The molecule has 4 atom stereocenters. The summed E-state index contributed by atoms with van der Waals surface area (Å²) >= 11 is 0. The van der Waals surface area contributed by atoms with E-state index in [9.17, 15) is 14.7 Å². The number of aliphatic hydroxyl groups excluding tert-OH is 1. The summed E-state index contributed by atoms with van der Waals surface area (Å²) in [6.45, 7) is 3.94. The monoisotopic (exact) mass is 220 g/mol. The molecule has 0 radical (unpaired) electrons. The number of allylic oxidation sites excluding steroid dienone is 1. The Hall–Kier alpha value is -0.960. The van der Waals surface area contributed by atoms with Crippen LogP contribution in [0.25, 0.3) is 0 Å². The minimum absolute atomic E-state index is 0.0279. The molecular formula is C13H16O3. The quantitative estimate of drug-likeness (QED) is 0.625. The first kappa shape index (κ1) is 10.2. The predicted octanol–water partition coefficient (Wildman–Crippen LogP) is 1.25. The molecule has 3 saturated carbocycles.